The minimum atomic E-state index is 0.292. The Morgan fingerprint density at radius 3 is 2.57 bits per heavy atom. The van der Waals surface area contributed by atoms with Gasteiger partial charge in [0.1, 0.15) is 6.23 Å². The molecule has 1 heterocycles. The molecule has 0 aliphatic carbocycles. The zero-order valence-corrected chi connectivity index (χ0v) is 8.81. The number of benzene rings is 1. The summed E-state index contributed by atoms with van der Waals surface area (Å²) in [6.45, 7) is 1.10. The molecule has 76 valence electrons. The fourth-order valence-corrected chi connectivity index (χ4v) is 2.21. The molecule has 0 radical (unpaired) electrons. The summed E-state index contributed by atoms with van der Waals surface area (Å²) < 4.78 is 5.40. The summed E-state index contributed by atoms with van der Waals surface area (Å²) in [5, 5.41) is 0. The summed E-state index contributed by atoms with van der Waals surface area (Å²) in [5.41, 5.74) is 1.43. The van der Waals surface area contributed by atoms with Crippen LogP contribution in [0.1, 0.15) is 17.9 Å². The molecule has 1 aromatic rings. The summed E-state index contributed by atoms with van der Waals surface area (Å²) in [5.74, 6) is 0.631. The maximum Gasteiger partial charge on any atom is 0.110 e. The summed E-state index contributed by atoms with van der Waals surface area (Å²) in [6, 6.07) is 10.7. The maximum atomic E-state index is 5.40. The van der Waals surface area contributed by atoms with Gasteiger partial charge in [-0.15, -0.1) is 0 Å². The Kier molecular flexibility index (Phi) is 2.85. The highest BCUT2D eigenvalue weighted by atomic mass is 16.5. The molecule has 1 aliphatic rings. The molecule has 0 aromatic heterocycles. The summed E-state index contributed by atoms with van der Waals surface area (Å²) in [7, 11) is 3.91. The molecule has 1 saturated heterocycles. The van der Waals surface area contributed by atoms with Crippen LogP contribution >= 0.6 is 0 Å². The Balaban J connectivity index is 2.09. The number of likely N-dealkylation sites (tertiary alicyclic amines) is 1. The van der Waals surface area contributed by atoms with Crippen molar-refractivity contribution in [1.82, 2.24) is 4.90 Å². The third-order valence-electron chi connectivity index (χ3n) is 3.03. The molecule has 2 rings (SSSR count). The van der Waals surface area contributed by atoms with Crippen LogP contribution in [-0.4, -0.2) is 31.8 Å². The molecule has 2 heteroatoms. The molecule has 0 spiro atoms. The van der Waals surface area contributed by atoms with Crippen molar-refractivity contribution < 1.29 is 4.74 Å². The van der Waals surface area contributed by atoms with E-state index in [4.69, 9.17) is 4.74 Å². The largest absolute Gasteiger partial charge is 0.366 e. The third kappa shape index (κ3) is 1.81. The number of hydrogen-bond acceptors (Lipinski definition) is 2. The van der Waals surface area contributed by atoms with Crippen LogP contribution in [0, 0.1) is 0 Å². The van der Waals surface area contributed by atoms with Crippen molar-refractivity contribution in [3.05, 3.63) is 35.9 Å². The quantitative estimate of drug-likeness (QED) is 0.709. The molecule has 14 heavy (non-hydrogen) atoms. The lowest BCUT2D eigenvalue weighted by Gasteiger charge is -2.16. The van der Waals surface area contributed by atoms with E-state index in [0.717, 1.165) is 13.0 Å². The first-order chi connectivity index (χ1) is 6.81. The fourth-order valence-electron chi connectivity index (χ4n) is 2.21. The number of methoxy groups -OCH3 is 1. The van der Waals surface area contributed by atoms with E-state index in [1.54, 1.807) is 7.11 Å². The zero-order chi connectivity index (χ0) is 9.97. The Labute approximate surface area is 85.5 Å². The summed E-state index contributed by atoms with van der Waals surface area (Å²) in [6.07, 6.45) is 1.40. The maximum absolute atomic E-state index is 5.40. The van der Waals surface area contributed by atoms with Crippen LogP contribution in [0.5, 0.6) is 0 Å². The van der Waals surface area contributed by atoms with Crippen LogP contribution in [-0.2, 0) is 4.74 Å². The zero-order valence-electron chi connectivity index (χ0n) is 8.81. The third-order valence-corrected chi connectivity index (χ3v) is 3.03. The Bertz CT molecular complexity index is 286. The number of rotatable bonds is 2. The second kappa shape index (κ2) is 4.11. The molecule has 1 aliphatic heterocycles. The van der Waals surface area contributed by atoms with E-state index < -0.39 is 0 Å². The smallest absolute Gasteiger partial charge is 0.110 e. The second-order valence-electron chi connectivity index (χ2n) is 3.97. The number of hydrogen-bond donors (Lipinski definition) is 0. The van der Waals surface area contributed by atoms with Gasteiger partial charge in [-0.2, -0.15) is 0 Å². The lowest BCUT2D eigenvalue weighted by atomic mass is 9.98. The average Bonchev–Trinajstić information content (AvgIpc) is 2.61. The monoisotopic (exact) mass is 191 g/mol. The molecule has 0 bridgehead atoms. The summed E-state index contributed by atoms with van der Waals surface area (Å²) >= 11 is 0. The molecular weight excluding hydrogens is 174 g/mol. The average molecular weight is 191 g/mol. The van der Waals surface area contributed by atoms with Crippen molar-refractivity contribution in [2.24, 2.45) is 0 Å². The van der Waals surface area contributed by atoms with E-state index in [2.05, 4.69) is 42.3 Å². The van der Waals surface area contributed by atoms with Crippen LogP contribution in [0.4, 0.5) is 0 Å². The van der Waals surface area contributed by atoms with Crippen LogP contribution in [0.3, 0.4) is 0 Å². The number of ether oxygens (including phenoxy) is 1. The Morgan fingerprint density at radius 2 is 2.00 bits per heavy atom. The van der Waals surface area contributed by atoms with Gasteiger partial charge in [0.15, 0.2) is 0 Å². The predicted octanol–water partition coefficient (Wildman–Crippen LogP) is 2.08. The van der Waals surface area contributed by atoms with Gasteiger partial charge in [-0.3, -0.25) is 4.90 Å². The van der Waals surface area contributed by atoms with Gasteiger partial charge < -0.3 is 4.74 Å². The van der Waals surface area contributed by atoms with Gasteiger partial charge in [0.2, 0.25) is 0 Å². The second-order valence-corrected chi connectivity index (χ2v) is 3.97. The van der Waals surface area contributed by atoms with E-state index >= 15 is 0 Å². The van der Waals surface area contributed by atoms with Gasteiger partial charge in [-0.1, -0.05) is 30.3 Å². The van der Waals surface area contributed by atoms with Gasteiger partial charge in [0.25, 0.3) is 0 Å². The minimum Gasteiger partial charge on any atom is -0.366 e. The van der Waals surface area contributed by atoms with Gasteiger partial charge in [-0.25, -0.2) is 0 Å². The van der Waals surface area contributed by atoms with Crippen molar-refractivity contribution >= 4 is 0 Å². The minimum absolute atomic E-state index is 0.292. The lowest BCUT2D eigenvalue weighted by molar-refractivity contribution is 0.0108. The molecular formula is C12H17NO. The normalized spacial score (nSPS) is 28.1. The molecule has 2 unspecified atom stereocenters. The number of likely N-dealkylation sites (N-methyl/N-ethyl adjacent to an activating group) is 1. The highest BCUT2D eigenvalue weighted by Gasteiger charge is 2.29. The van der Waals surface area contributed by atoms with Gasteiger partial charge in [0, 0.05) is 19.6 Å². The SMILES string of the molecule is COC1CC(c2ccccc2)CN1C. The number of nitrogens with zero attached hydrogens (tertiary/aromatic N) is 1. The molecule has 0 amide bonds. The van der Waals surface area contributed by atoms with Crippen molar-refractivity contribution in [3.8, 4) is 0 Å². The van der Waals surface area contributed by atoms with Crippen LogP contribution in [0.15, 0.2) is 30.3 Å². The van der Waals surface area contributed by atoms with Crippen molar-refractivity contribution in [1.29, 1.82) is 0 Å². The van der Waals surface area contributed by atoms with E-state index in [1.165, 1.54) is 5.56 Å². The molecule has 0 N–H and O–H groups in total. The first-order valence-electron chi connectivity index (χ1n) is 5.09. The topological polar surface area (TPSA) is 12.5 Å². The molecule has 1 aromatic carbocycles. The van der Waals surface area contributed by atoms with Gasteiger partial charge in [-0.05, 0) is 19.0 Å². The molecule has 2 nitrogen and oxygen atoms in total. The lowest BCUT2D eigenvalue weighted by Crippen LogP contribution is -2.26. The molecule has 0 saturated carbocycles. The van der Waals surface area contributed by atoms with Crippen molar-refractivity contribution in [3.63, 3.8) is 0 Å². The molecule has 2 atom stereocenters. The van der Waals surface area contributed by atoms with Crippen molar-refractivity contribution in [2.75, 3.05) is 20.7 Å². The molecule has 1 fully saturated rings. The van der Waals surface area contributed by atoms with E-state index in [1.807, 2.05) is 0 Å². The highest BCUT2D eigenvalue weighted by Crippen LogP contribution is 2.30. The van der Waals surface area contributed by atoms with Crippen LogP contribution in [0.25, 0.3) is 0 Å². The van der Waals surface area contributed by atoms with E-state index in [9.17, 15) is 0 Å². The predicted molar refractivity (Wildman–Crippen MR) is 57.2 cm³/mol. The Morgan fingerprint density at radius 1 is 1.29 bits per heavy atom. The standard InChI is InChI=1S/C12H17NO/c1-13-9-11(8-12(13)14-2)10-6-4-3-5-7-10/h3-7,11-12H,8-9H2,1-2H3. The first kappa shape index (κ1) is 9.69. The van der Waals surface area contributed by atoms with Crippen LogP contribution < -0.4 is 0 Å². The van der Waals surface area contributed by atoms with Crippen molar-refractivity contribution in [2.45, 2.75) is 18.6 Å². The van der Waals surface area contributed by atoms with Crippen LogP contribution in [0.2, 0.25) is 0 Å². The fraction of sp³-hybridized carbons (Fsp3) is 0.500. The summed E-state index contributed by atoms with van der Waals surface area (Å²) in [4.78, 5) is 2.28. The highest BCUT2D eigenvalue weighted by molar-refractivity contribution is 5.21. The van der Waals surface area contributed by atoms with Gasteiger partial charge in [0.05, 0.1) is 0 Å². The first-order valence-corrected chi connectivity index (χ1v) is 5.09. The van der Waals surface area contributed by atoms with Gasteiger partial charge >= 0.3 is 0 Å². The van der Waals surface area contributed by atoms with E-state index in [0.29, 0.717) is 12.1 Å². The Hall–Kier alpha value is -0.860. The van der Waals surface area contributed by atoms with E-state index in [-0.39, 0.29) is 0 Å².